The van der Waals surface area contributed by atoms with Crippen LogP contribution in [-0.4, -0.2) is 0 Å². The van der Waals surface area contributed by atoms with Crippen molar-refractivity contribution in [1.29, 1.82) is 5.26 Å². The topological polar surface area (TPSA) is 52.9 Å². The lowest BCUT2D eigenvalue weighted by molar-refractivity contribution is 0.534. The van der Waals surface area contributed by atoms with Crippen molar-refractivity contribution in [2.24, 2.45) is 0 Å². The molecular formula is C25H21N2OP. The van der Waals surface area contributed by atoms with E-state index < -0.39 is 12.8 Å². The van der Waals surface area contributed by atoms with Crippen molar-refractivity contribution >= 4 is 28.7 Å². The van der Waals surface area contributed by atoms with Crippen molar-refractivity contribution in [3.8, 4) is 6.07 Å². The van der Waals surface area contributed by atoms with Gasteiger partial charge >= 0.3 is 0 Å². The van der Waals surface area contributed by atoms with Gasteiger partial charge in [-0.3, -0.25) is 4.57 Å². The predicted octanol–water partition coefficient (Wildman–Crippen LogP) is 5.10. The largest absolute Gasteiger partial charge is 0.296 e. The molecule has 1 N–H and O–H groups in total. The molecule has 0 bridgehead atoms. The first-order valence-corrected chi connectivity index (χ1v) is 11.2. The molecule has 0 saturated heterocycles. The highest BCUT2D eigenvalue weighted by Crippen LogP contribution is 2.44. The van der Waals surface area contributed by atoms with Crippen LogP contribution >= 0.6 is 7.29 Å². The summed E-state index contributed by atoms with van der Waals surface area (Å²) in [6.45, 7) is 1.80. The number of hydrogen-bond acceptors (Lipinski definition) is 2. The second-order valence-electron chi connectivity index (χ2n) is 7.16. The van der Waals surface area contributed by atoms with Gasteiger partial charge in [0.2, 0.25) is 7.29 Å². The van der Waals surface area contributed by atoms with Gasteiger partial charge in [-0.15, -0.1) is 0 Å². The first-order valence-electron chi connectivity index (χ1n) is 9.47. The monoisotopic (exact) mass is 396 g/mol. The fraction of sp³-hybridized carbons (Fsp3) is 0.0800. The molecule has 29 heavy (non-hydrogen) atoms. The van der Waals surface area contributed by atoms with E-state index in [9.17, 15) is 9.83 Å². The van der Waals surface area contributed by atoms with Gasteiger partial charge in [0.1, 0.15) is 5.54 Å². The Morgan fingerprint density at radius 2 is 1.28 bits per heavy atom. The molecule has 142 valence electrons. The van der Waals surface area contributed by atoms with Crippen molar-refractivity contribution in [2.75, 3.05) is 0 Å². The van der Waals surface area contributed by atoms with Gasteiger partial charge in [0.15, 0.2) is 0 Å². The number of nitrogens with zero attached hydrogens (tertiary/aromatic N) is 1. The maximum atomic E-state index is 14.4. The number of nitriles is 1. The molecule has 3 nitrogen and oxygen atoms in total. The maximum Gasteiger partial charge on any atom is 0.206 e. The average Bonchev–Trinajstić information content (AvgIpc) is 2.79. The minimum Gasteiger partial charge on any atom is -0.296 e. The molecule has 0 aromatic heterocycles. The van der Waals surface area contributed by atoms with E-state index in [4.69, 9.17) is 0 Å². The minimum absolute atomic E-state index is 0.674. The zero-order valence-electron chi connectivity index (χ0n) is 16.1. The first kappa shape index (κ1) is 19.2. The molecule has 4 heteroatoms. The van der Waals surface area contributed by atoms with Gasteiger partial charge in [-0.1, -0.05) is 78.9 Å². The summed E-state index contributed by atoms with van der Waals surface area (Å²) in [5.74, 6) is 0. The van der Waals surface area contributed by atoms with E-state index in [1.165, 1.54) is 0 Å². The maximum absolute atomic E-state index is 14.4. The highest BCUT2D eigenvalue weighted by Gasteiger charge is 2.38. The Morgan fingerprint density at radius 3 is 1.86 bits per heavy atom. The molecule has 1 atom stereocenters. The van der Waals surface area contributed by atoms with Crippen LogP contribution in [0, 0.1) is 11.3 Å². The quantitative estimate of drug-likeness (QED) is 0.478. The smallest absolute Gasteiger partial charge is 0.206 e. The summed E-state index contributed by atoms with van der Waals surface area (Å²) in [6, 6.07) is 34.9. The van der Waals surface area contributed by atoms with Gasteiger partial charge in [-0.25, -0.2) is 5.09 Å². The summed E-state index contributed by atoms with van der Waals surface area (Å²) in [5, 5.41) is 16.9. The summed E-state index contributed by atoms with van der Waals surface area (Å²) < 4.78 is 14.4. The van der Waals surface area contributed by atoms with E-state index in [1.54, 1.807) is 6.92 Å². The van der Waals surface area contributed by atoms with Gasteiger partial charge in [0.25, 0.3) is 0 Å². The lowest BCUT2D eigenvalue weighted by Gasteiger charge is -2.31. The molecular weight excluding hydrogens is 375 g/mol. The first-order chi connectivity index (χ1) is 14.1. The summed E-state index contributed by atoms with van der Waals surface area (Å²) in [5.41, 5.74) is -0.340. The molecule has 4 aromatic carbocycles. The van der Waals surface area contributed by atoms with Crippen LogP contribution in [-0.2, 0) is 10.1 Å². The third-order valence-corrected chi connectivity index (χ3v) is 7.99. The number of benzene rings is 4. The van der Waals surface area contributed by atoms with E-state index in [0.717, 1.165) is 16.3 Å². The Labute approximate surface area is 171 Å². The molecule has 4 rings (SSSR count). The molecule has 0 unspecified atom stereocenters. The molecule has 0 aliphatic heterocycles. The summed E-state index contributed by atoms with van der Waals surface area (Å²) in [6.07, 6.45) is 0. The van der Waals surface area contributed by atoms with Crippen molar-refractivity contribution in [3.63, 3.8) is 0 Å². The predicted molar refractivity (Wildman–Crippen MR) is 120 cm³/mol. The molecule has 4 aromatic rings. The van der Waals surface area contributed by atoms with Gasteiger partial charge in [-0.2, -0.15) is 5.26 Å². The molecule has 0 fully saturated rings. The summed E-state index contributed by atoms with van der Waals surface area (Å²) in [7, 11) is -3.28. The molecule has 0 spiro atoms. The van der Waals surface area contributed by atoms with Crippen molar-refractivity contribution in [2.45, 2.75) is 12.5 Å². The Kier molecular flexibility index (Phi) is 5.07. The Morgan fingerprint density at radius 1 is 0.759 bits per heavy atom. The fourth-order valence-corrected chi connectivity index (χ4v) is 6.22. The Balaban J connectivity index is 1.91. The average molecular weight is 396 g/mol. The zero-order valence-corrected chi connectivity index (χ0v) is 17.0. The standard InChI is InChI=1S/C25H21N2OP/c1-25(19-26,24-18-10-12-20-11-8-9-17-23(20)24)27-29(28,21-13-4-2-5-14-21)22-15-6-3-7-16-22/h2-18H,1H3,(H,27,28)/t25-/m1/s1. The van der Waals surface area contributed by atoms with Gasteiger partial charge in [-0.05, 0) is 47.5 Å². The highest BCUT2D eigenvalue weighted by molar-refractivity contribution is 7.77. The third-order valence-electron chi connectivity index (χ3n) is 5.17. The van der Waals surface area contributed by atoms with Crippen LogP contribution < -0.4 is 15.7 Å². The van der Waals surface area contributed by atoms with Crippen molar-refractivity contribution in [3.05, 3.63) is 109 Å². The van der Waals surface area contributed by atoms with E-state index in [-0.39, 0.29) is 0 Å². The van der Waals surface area contributed by atoms with E-state index in [2.05, 4.69) is 11.2 Å². The molecule has 0 saturated carbocycles. The van der Waals surface area contributed by atoms with Gasteiger partial charge in [0.05, 0.1) is 6.07 Å². The summed E-state index contributed by atoms with van der Waals surface area (Å²) >= 11 is 0. The second-order valence-corrected chi connectivity index (χ2v) is 9.63. The van der Waals surface area contributed by atoms with Crippen LogP contribution in [0.2, 0.25) is 0 Å². The number of rotatable bonds is 5. The van der Waals surface area contributed by atoms with E-state index in [0.29, 0.717) is 10.6 Å². The minimum atomic E-state index is -3.28. The lowest BCUT2D eigenvalue weighted by Crippen LogP contribution is -2.41. The lowest BCUT2D eigenvalue weighted by atomic mass is 9.90. The van der Waals surface area contributed by atoms with Crippen molar-refractivity contribution in [1.82, 2.24) is 5.09 Å². The zero-order chi connectivity index (χ0) is 20.3. The molecule has 0 aliphatic carbocycles. The highest BCUT2D eigenvalue weighted by atomic mass is 31.2. The fourth-order valence-electron chi connectivity index (χ4n) is 3.68. The number of fused-ring (bicyclic) bond motifs is 1. The Hall–Kier alpha value is -3.18. The van der Waals surface area contributed by atoms with Crippen LogP contribution in [0.5, 0.6) is 0 Å². The normalized spacial score (nSPS) is 13.5. The molecule has 0 radical (unpaired) electrons. The number of nitrogens with one attached hydrogen (secondary N) is 1. The van der Waals surface area contributed by atoms with Crippen molar-refractivity contribution < 1.29 is 4.57 Å². The van der Waals surface area contributed by atoms with Crippen LogP contribution in [0.15, 0.2) is 103 Å². The van der Waals surface area contributed by atoms with Crippen LogP contribution in [0.3, 0.4) is 0 Å². The van der Waals surface area contributed by atoms with Gasteiger partial charge in [0, 0.05) is 10.6 Å². The van der Waals surface area contributed by atoms with Gasteiger partial charge < -0.3 is 0 Å². The van der Waals surface area contributed by atoms with Crippen LogP contribution in [0.4, 0.5) is 0 Å². The molecule has 0 amide bonds. The SMILES string of the molecule is C[C@](C#N)(NP(=O)(c1ccccc1)c1ccccc1)c1cccc2ccccc12. The number of hydrogen-bond donors (Lipinski definition) is 1. The second kappa shape index (κ2) is 7.68. The Bertz CT molecular complexity index is 1180. The van der Waals surface area contributed by atoms with E-state index >= 15 is 0 Å². The van der Waals surface area contributed by atoms with Crippen LogP contribution in [0.25, 0.3) is 10.8 Å². The molecule has 0 heterocycles. The van der Waals surface area contributed by atoms with Crippen LogP contribution in [0.1, 0.15) is 12.5 Å². The third kappa shape index (κ3) is 3.49. The summed E-state index contributed by atoms with van der Waals surface area (Å²) in [4.78, 5) is 0. The molecule has 0 aliphatic rings. The van der Waals surface area contributed by atoms with E-state index in [1.807, 2.05) is 103 Å².